The van der Waals surface area contributed by atoms with Crippen LogP contribution in [-0.4, -0.2) is 23.2 Å². The highest BCUT2D eigenvalue weighted by Gasteiger charge is 2.35. The number of carbonyl (C=O) groups excluding carboxylic acids is 1. The van der Waals surface area contributed by atoms with Gasteiger partial charge in [-0.2, -0.15) is 0 Å². The summed E-state index contributed by atoms with van der Waals surface area (Å²) in [4.78, 5) is 32.2. The number of ether oxygens (including phenoxy) is 2. The number of hydrogen-bond acceptors (Lipinski definition) is 7. The van der Waals surface area contributed by atoms with Crippen LogP contribution < -0.4 is 19.6 Å². The molecular weight excluding hydrogens is 627 g/mol. The lowest BCUT2D eigenvalue weighted by Gasteiger charge is -2.26. The molecular formula is C30H27IN2O5S. The molecule has 0 fully saturated rings. The van der Waals surface area contributed by atoms with Crippen LogP contribution in [0.1, 0.15) is 45.1 Å². The maximum atomic E-state index is 13.9. The van der Waals surface area contributed by atoms with Crippen LogP contribution in [0.2, 0.25) is 0 Å². The number of aromatic nitrogens is 1. The molecule has 0 spiro atoms. The van der Waals surface area contributed by atoms with Crippen molar-refractivity contribution in [2.24, 2.45) is 4.99 Å². The van der Waals surface area contributed by atoms with Gasteiger partial charge in [-0.1, -0.05) is 41.7 Å². The van der Waals surface area contributed by atoms with Crippen molar-refractivity contribution in [1.82, 2.24) is 4.57 Å². The van der Waals surface area contributed by atoms with Crippen LogP contribution in [0.3, 0.4) is 0 Å². The van der Waals surface area contributed by atoms with E-state index < -0.39 is 12.0 Å². The van der Waals surface area contributed by atoms with Crippen LogP contribution in [0.15, 0.2) is 86.1 Å². The minimum absolute atomic E-state index is 0.0978. The number of esters is 1. The van der Waals surface area contributed by atoms with Gasteiger partial charge >= 0.3 is 5.97 Å². The minimum atomic E-state index is -0.753. The van der Waals surface area contributed by atoms with Crippen molar-refractivity contribution in [2.45, 2.75) is 39.8 Å². The van der Waals surface area contributed by atoms with Crippen LogP contribution in [0.4, 0.5) is 0 Å². The van der Waals surface area contributed by atoms with E-state index in [2.05, 4.69) is 27.6 Å². The number of allylic oxidation sites excluding steroid dienone is 1. The Balaban J connectivity index is 1.66. The van der Waals surface area contributed by atoms with Crippen LogP contribution in [-0.2, 0) is 9.53 Å². The van der Waals surface area contributed by atoms with Crippen molar-refractivity contribution >= 4 is 46.0 Å². The SMILES string of the molecule is CCOC(=O)C1=C(C)N=c2s/c(=C/c3ccc(-c4ccc(I)cc4)o3)c(=O)n2[C@@H]1c1ccccc1OC(C)C. The molecule has 39 heavy (non-hydrogen) atoms. The van der Waals surface area contributed by atoms with Crippen LogP contribution in [0, 0.1) is 3.57 Å². The molecule has 7 nitrogen and oxygen atoms in total. The van der Waals surface area contributed by atoms with Gasteiger partial charge in [0.05, 0.1) is 28.5 Å². The summed E-state index contributed by atoms with van der Waals surface area (Å²) in [5.74, 6) is 1.35. The molecule has 1 aliphatic rings. The van der Waals surface area contributed by atoms with E-state index in [-0.39, 0.29) is 18.3 Å². The van der Waals surface area contributed by atoms with E-state index in [0.29, 0.717) is 43.4 Å². The summed E-state index contributed by atoms with van der Waals surface area (Å²) in [5, 5.41) is 0. The Hall–Kier alpha value is -3.44. The predicted molar refractivity (Wildman–Crippen MR) is 159 cm³/mol. The molecule has 1 aliphatic heterocycles. The maximum absolute atomic E-state index is 13.9. The third-order valence-electron chi connectivity index (χ3n) is 6.12. The Bertz CT molecular complexity index is 1740. The van der Waals surface area contributed by atoms with E-state index in [4.69, 9.17) is 13.9 Å². The lowest BCUT2D eigenvalue weighted by molar-refractivity contribution is -0.139. The number of para-hydroxylation sites is 1. The normalized spacial score (nSPS) is 15.3. The second-order valence-electron chi connectivity index (χ2n) is 9.22. The fourth-order valence-corrected chi connectivity index (χ4v) is 5.87. The van der Waals surface area contributed by atoms with E-state index in [1.54, 1.807) is 24.5 Å². The number of fused-ring (bicyclic) bond motifs is 1. The monoisotopic (exact) mass is 654 g/mol. The van der Waals surface area contributed by atoms with Crippen LogP contribution in [0.25, 0.3) is 17.4 Å². The van der Waals surface area contributed by atoms with Gasteiger partial charge in [0.2, 0.25) is 0 Å². The second-order valence-corrected chi connectivity index (χ2v) is 11.5. The first-order chi connectivity index (χ1) is 18.8. The zero-order chi connectivity index (χ0) is 27.7. The predicted octanol–water partition coefficient (Wildman–Crippen LogP) is 5.45. The maximum Gasteiger partial charge on any atom is 0.338 e. The first-order valence-corrected chi connectivity index (χ1v) is 14.5. The van der Waals surface area contributed by atoms with Crippen molar-refractivity contribution < 1.29 is 18.7 Å². The van der Waals surface area contributed by atoms with Gasteiger partial charge in [0.1, 0.15) is 23.3 Å². The number of halogens is 1. The molecule has 0 bridgehead atoms. The Morgan fingerprint density at radius 3 is 2.62 bits per heavy atom. The quantitative estimate of drug-likeness (QED) is 0.196. The fraction of sp³-hybridized carbons (Fsp3) is 0.233. The molecule has 3 heterocycles. The highest BCUT2D eigenvalue weighted by Crippen LogP contribution is 2.36. The van der Waals surface area contributed by atoms with Gasteiger partial charge in [-0.25, -0.2) is 9.79 Å². The molecule has 1 atom stereocenters. The van der Waals surface area contributed by atoms with Crippen LogP contribution in [0.5, 0.6) is 5.75 Å². The van der Waals surface area contributed by atoms with Crippen molar-refractivity contribution in [3.8, 4) is 17.1 Å². The Labute approximate surface area is 243 Å². The van der Waals surface area contributed by atoms with Gasteiger partial charge in [0.25, 0.3) is 5.56 Å². The van der Waals surface area contributed by atoms with Gasteiger partial charge in [0.15, 0.2) is 4.80 Å². The topological polar surface area (TPSA) is 83.0 Å². The molecule has 0 saturated heterocycles. The van der Waals surface area contributed by atoms with Gasteiger partial charge in [-0.05, 0) is 80.6 Å². The molecule has 2 aromatic heterocycles. The summed E-state index contributed by atoms with van der Waals surface area (Å²) in [7, 11) is 0. The van der Waals surface area contributed by atoms with Crippen molar-refractivity contribution in [2.75, 3.05) is 6.61 Å². The fourth-order valence-electron chi connectivity index (χ4n) is 4.48. The lowest BCUT2D eigenvalue weighted by atomic mass is 9.95. The summed E-state index contributed by atoms with van der Waals surface area (Å²) < 4.78 is 20.7. The molecule has 5 rings (SSSR count). The van der Waals surface area contributed by atoms with Crippen molar-refractivity contribution in [1.29, 1.82) is 0 Å². The summed E-state index contributed by atoms with van der Waals surface area (Å²) in [5.41, 5.74) is 2.19. The summed E-state index contributed by atoms with van der Waals surface area (Å²) in [6.07, 6.45) is 1.62. The minimum Gasteiger partial charge on any atom is -0.491 e. The Morgan fingerprint density at radius 2 is 1.90 bits per heavy atom. The number of carbonyl (C=O) groups is 1. The summed E-state index contributed by atoms with van der Waals surface area (Å²) in [6, 6.07) is 18.4. The second kappa shape index (κ2) is 11.4. The average molecular weight is 655 g/mol. The van der Waals surface area contributed by atoms with E-state index in [9.17, 15) is 9.59 Å². The molecule has 200 valence electrons. The van der Waals surface area contributed by atoms with Crippen molar-refractivity contribution in [3.05, 3.63) is 107 Å². The summed E-state index contributed by atoms with van der Waals surface area (Å²) >= 11 is 3.51. The highest BCUT2D eigenvalue weighted by molar-refractivity contribution is 14.1. The van der Waals surface area contributed by atoms with Crippen molar-refractivity contribution in [3.63, 3.8) is 0 Å². The molecule has 0 N–H and O–H groups in total. The molecule has 0 amide bonds. The standard InChI is InChI=1S/C30H27IN2O5S/c1-5-36-29(35)26-18(4)32-30-33(27(26)22-8-6-7-9-24(22)37-17(2)3)28(34)25(39-30)16-21-14-15-23(38-21)19-10-12-20(31)13-11-19/h6-17,27H,5H2,1-4H3/b25-16+/t27-/m1/s1. The van der Waals surface area contributed by atoms with E-state index in [1.165, 1.54) is 11.3 Å². The van der Waals surface area contributed by atoms with Crippen LogP contribution >= 0.6 is 33.9 Å². The van der Waals surface area contributed by atoms with Gasteiger partial charge < -0.3 is 13.9 Å². The molecule has 0 unspecified atom stereocenters. The van der Waals surface area contributed by atoms with Gasteiger partial charge in [0, 0.05) is 20.8 Å². The molecule has 2 aromatic carbocycles. The number of hydrogen-bond donors (Lipinski definition) is 0. The van der Waals surface area contributed by atoms with E-state index >= 15 is 0 Å². The molecule has 9 heteroatoms. The smallest absolute Gasteiger partial charge is 0.338 e. The third kappa shape index (κ3) is 5.51. The van der Waals surface area contributed by atoms with Gasteiger partial charge in [-0.3, -0.25) is 9.36 Å². The van der Waals surface area contributed by atoms with E-state index in [0.717, 1.165) is 9.13 Å². The summed E-state index contributed by atoms with van der Waals surface area (Å²) in [6.45, 7) is 7.59. The third-order valence-corrected chi connectivity index (χ3v) is 7.82. The number of thiazole rings is 1. The molecule has 0 aliphatic carbocycles. The first kappa shape index (κ1) is 27.1. The number of benzene rings is 2. The van der Waals surface area contributed by atoms with E-state index in [1.807, 2.05) is 74.5 Å². The molecule has 0 saturated carbocycles. The highest BCUT2D eigenvalue weighted by atomic mass is 127. The largest absolute Gasteiger partial charge is 0.491 e. The zero-order valence-electron chi connectivity index (χ0n) is 21.9. The molecule has 4 aromatic rings. The zero-order valence-corrected chi connectivity index (χ0v) is 24.9. The average Bonchev–Trinajstić information content (AvgIpc) is 3.48. The van der Waals surface area contributed by atoms with Gasteiger partial charge in [-0.15, -0.1) is 0 Å². The number of furan rings is 1. The number of rotatable bonds is 7. The Morgan fingerprint density at radius 1 is 1.15 bits per heavy atom. The number of nitrogens with zero attached hydrogens (tertiary/aromatic N) is 2. The Kier molecular flexibility index (Phi) is 7.90. The lowest BCUT2D eigenvalue weighted by Crippen LogP contribution is -2.40. The first-order valence-electron chi connectivity index (χ1n) is 12.6. The molecule has 0 radical (unpaired) electrons.